The van der Waals surface area contributed by atoms with Gasteiger partial charge in [0.2, 0.25) is 11.7 Å². The summed E-state index contributed by atoms with van der Waals surface area (Å²) in [4.78, 5) is 26.7. The summed E-state index contributed by atoms with van der Waals surface area (Å²) in [6, 6.07) is 7.06. The van der Waals surface area contributed by atoms with Crippen molar-refractivity contribution >= 4 is 5.91 Å². The summed E-state index contributed by atoms with van der Waals surface area (Å²) < 4.78 is 10.4. The van der Waals surface area contributed by atoms with Crippen molar-refractivity contribution in [3.63, 3.8) is 0 Å². The van der Waals surface area contributed by atoms with E-state index in [0.29, 0.717) is 36.1 Å². The highest BCUT2D eigenvalue weighted by molar-refractivity contribution is 5.95. The smallest absolute Gasteiger partial charge is 0.253 e. The lowest BCUT2D eigenvalue weighted by molar-refractivity contribution is 0.0569. The molecule has 1 amide bonds. The fourth-order valence-electron chi connectivity index (χ4n) is 2.64. The molecule has 3 heterocycles. The fourth-order valence-corrected chi connectivity index (χ4v) is 2.64. The first-order valence-corrected chi connectivity index (χ1v) is 7.78. The molecule has 8 heteroatoms. The van der Waals surface area contributed by atoms with Crippen LogP contribution in [0.3, 0.4) is 0 Å². The van der Waals surface area contributed by atoms with E-state index in [4.69, 9.17) is 9.26 Å². The first-order chi connectivity index (χ1) is 12.2. The number of methoxy groups -OCH3 is 1. The Kier molecular flexibility index (Phi) is 3.85. The average molecular weight is 337 g/mol. The highest BCUT2D eigenvalue weighted by atomic mass is 16.5. The molecule has 1 aliphatic heterocycles. The van der Waals surface area contributed by atoms with Gasteiger partial charge in [-0.25, -0.2) is 4.98 Å². The van der Waals surface area contributed by atoms with Gasteiger partial charge in [-0.05, 0) is 24.3 Å². The van der Waals surface area contributed by atoms with E-state index in [2.05, 4.69) is 20.1 Å². The molecule has 1 aromatic carbocycles. The Morgan fingerprint density at radius 1 is 1.24 bits per heavy atom. The van der Waals surface area contributed by atoms with Crippen molar-refractivity contribution < 1.29 is 14.1 Å². The highest BCUT2D eigenvalue weighted by Crippen LogP contribution is 2.28. The lowest BCUT2D eigenvalue weighted by atomic mass is 9.98. The van der Waals surface area contributed by atoms with Gasteiger partial charge in [-0.1, -0.05) is 5.16 Å². The first-order valence-electron chi connectivity index (χ1n) is 7.78. The maximum atomic E-state index is 12.4. The molecule has 0 spiro atoms. The van der Waals surface area contributed by atoms with Crippen LogP contribution in [0.15, 0.2) is 47.4 Å². The normalized spacial score (nSPS) is 14.2. The summed E-state index contributed by atoms with van der Waals surface area (Å²) in [6.45, 7) is 1.10. The number of hydrogen-bond acceptors (Lipinski definition) is 7. The van der Waals surface area contributed by atoms with Crippen LogP contribution in [0.1, 0.15) is 22.2 Å². The molecule has 0 aliphatic carbocycles. The molecule has 1 saturated heterocycles. The van der Waals surface area contributed by atoms with Crippen LogP contribution in [0, 0.1) is 0 Å². The predicted molar refractivity (Wildman–Crippen MR) is 87.0 cm³/mol. The number of hydrogen-bond donors (Lipinski definition) is 0. The Morgan fingerprint density at radius 3 is 2.72 bits per heavy atom. The van der Waals surface area contributed by atoms with E-state index < -0.39 is 0 Å². The Hall–Kier alpha value is -3.29. The van der Waals surface area contributed by atoms with Crippen LogP contribution in [-0.2, 0) is 0 Å². The second-order valence-corrected chi connectivity index (χ2v) is 5.68. The summed E-state index contributed by atoms with van der Waals surface area (Å²) in [5.74, 6) is 1.66. The minimum atomic E-state index is -0.0208. The zero-order chi connectivity index (χ0) is 17.2. The van der Waals surface area contributed by atoms with Gasteiger partial charge in [0.25, 0.3) is 5.91 Å². The zero-order valence-corrected chi connectivity index (χ0v) is 13.5. The summed E-state index contributed by atoms with van der Waals surface area (Å²) in [5, 5.41) is 3.93. The summed E-state index contributed by atoms with van der Waals surface area (Å²) >= 11 is 0. The number of amides is 1. The number of carbonyl (C=O) groups is 1. The van der Waals surface area contributed by atoms with Gasteiger partial charge in [0.1, 0.15) is 11.4 Å². The Balaban J connectivity index is 1.40. The minimum absolute atomic E-state index is 0.0208. The van der Waals surface area contributed by atoms with Gasteiger partial charge in [-0.15, -0.1) is 0 Å². The molecule has 126 valence electrons. The second kappa shape index (κ2) is 6.31. The van der Waals surface area contributed by atoms with E-state index in [1.165, 1.54) is 0 Å². The first kappa shape index (κ1) is 15.3. The van der Waals surface area contributed by atoms with Gasteiger partial charge in [-0.3, -0.25) is 9.78 Å². The number of ether oxygens (including phenoxy) is 1. The van der Waals surface area contributed by atoms with Crippen LogP contribution in [0.5, 0.6) is 5.75 Å². The van der Waals surface area contributed by atoms with Gasteiger partial charge in [-0.2, -0.15) is 4.98 Å². The van der Waals surface area contributed by atoms with Gasteiger partial charge in [0.05, 0.1) is 19.2 Å². The summed E-state index contributed by atoms with van der Waals surface area (Å²) in [5.41, 5.74) is 1.19. The third kappa shape index (κ3) is 2.93. The molecule has 0 atom stereocenters. The Morgan fingerprint density at radius 2 is 2.04 bits per heavy atom. The largest absolute Gasteiger partial charge is 0.497 e. The molecule has 0 radical (unpaired) electrons. The van der Waals surface area contributed by atoms with Gasteiger partial charge >= 0.3 is 0 Å². The van der Waals surface area contributed by atoms with E-state index in [-0.39, 0.29) is 11.8 Å². The highest BCUT2D eigenvalue weighted by Gasteiger charge is 2.36. The van der Waals surface area contributed by atoms with E-state index in [1.807, 2.05) is 0 Å². The standard InChI is InChI=1S/C17H15N5O3/c1-24-13-4-2-11(3-5-13)17(23)22-9-12(10-22)16-20-15(21-25-16)14-8-18-6-7-19-14/h2-8,12H,9-10H2,1H3. The van der Waals surface area contributed by atoms with Crippen molar-refractivity contribution in [3.8, 4) is 17.3 Å². The van der Waals surface area contributed by atoms with Crippen molar-refractivity contribution in [2.45, 2.75) is 5.92 Å². The number of likely N-dealkylation sites (tertiary alicyclic amines) is 1. The lowest BCUT2D eigenvalue weighted by Crippen LogP contribution is -2.48. The molecule has 0 unspecified atom stereocenters. The molecule has 8 nitrogen and oxygen atoms in total. The van der Waals surface area contributed by atoms with Gasteiger partial charge in [0.15, 0.2) is 0 Å². The van der Waals surface area contributed by atoms with E-state index in [1.54, 1.807) is 54.9 Å². The molecule has 1 fully saturated rings. The summed E-state index contributed by atoms with van der Waals surface area (Å²) in [6.07, 6.45) is 4.73. The third-order valence-corrected chi connectivity index (χ3v) is 4.09. The van der Waals surface area contributed by atoms with Gasteiger partial charge in [0, 0.05) is 31.0 Å². The van der Waals surface area contributed by atoms with E-state index in [0.717, 1.165) is 5.75 Å². The molecule has 2 aromatic heterocycles. The molecular formula is C17H15N5O3. The second-order valence-electron chi connectivity index (χ2n) is 5.68. The lowest BCUT2D eigenvalue weighted by Gasteiger charge is -2.37. The van der Waals surface area contributed by atoms with Crippen LogP contribution in [0.4, 0.5) is 0 Å². The van der Waals surface area contributed by atoms with Crippen LogP contribution in [-0.4, -0.2) is 51.1 Å². The van der Waals surface area contributed by atoms with Crippen molar-refractivity contribution in [1.29, 1.82) is 0 Å². The molecule has 25 heavy (non-hydrogen) atoms. The molecule has 1 aliphatic rings. The van der Waals surface area contributed by atoms with Crippen LogP contribution < -0.4 is 4.74 Å². The maximum Gasteiger partial charge on any atom is 0.253 e. The van der Waals surface area contributed by atoms with Crippen LogP contribution >= 0.6 is 0 Å². The van der Waals surface area contributed by atoms with Crippen molar-refractivity contribution in [2.24, 2.45) is 0 Å². The Labute approximate surface area is 143 Å². The van der Waals surface area contributed by atoms with E-state index in [9.17, 15) is 4.79 Å². The minimum Gasteiger partial charge on any atom is -0.497 e. The predicted octanol–water partition coefficient (Wildman–Crippen LogP) is 1.77. The van der Waals surface area contributed by atoms with Crippen molar-refractivity contribution in [3.05, 3.63) is 54.3 Å². The monoisotopic (exact) mass is 337 g/mol. The fraction of sp³-hybridized carbons (Fsp3) is 0.235. The molecular weight excluding hydrogens is 322 g/mol. The van der Waals surface area contributed by atoms with Gasteiger partial charge < -0.3 is 14.2 Å². The van der Waals surface area contributed by atoms with Crippen LogP contribution in [0.25, 0.3) is 11.5 Å². The number of benzene rings is 1. The maximum absolute atomic E-state index is 12.4. The number of rotatable bonds is 4. The number of aromatic nitrogens is 4. The molecule has 0 saturated carbocycles. The molecule has 0 N–H and O–H groups in total. The third-order valence-electron chi connectivity index (χ3n) is 4.09. The molecule has 4 rings (SSSR count). The topological polar surface area (TPSA) is 94.2 Å². The number of carbonyl (C=O) groups excluding carboxylic acids is 1. The van der Waals surface area contributed by atoms with E-state index >= 15 is 0 Å². The SMILES string of the molecule is COc1ccc(C(=O)N2CC(c3nc(-c4cnccn4)no3)C2)cc1. The summed E-state index contributed by atoms with van der Waals surface area (Å²) in [7, 11) is 1.59. The van der Waals surface area contributed by atoms with Crippen molar-refractivity contribution in [1.82, 2.24) is 25.0 Å². The van der Waals surface area contributed by atoms with Crippen molar-refractivity contribution in [2.75, 3.05) is 20.2 Å². The molecule has 0 bridgehead atoms. The van der Waals surface area contributed by atoms with Crippen LogP contribution in [0.2, 0.25) is 0 Å². The quantitative estimate of drug-likeness (QED) is 0.716. The average Bonchev–Trinajstić information content (AvgIpc) is 3.11. The molecule has 3 aromatic rings. The number of nitrogens with zero attached hydrogens (tertiary/aromatic N) is 5. The zero-order valence-electron chi connectivity index (χ0n) is 13.5. The Bertz CT molecular complexity index is 873.